The second-order valence-corrected chi connectivity index (χ2v) is 2.99. The molecule has 1 rings (SSSR count). The van der Waals surface area contributed by atoms with E-state index in [9.17, 15) is 4.79 Å². The van der Waals surface area contributed by atoms with E-state index in [-0.39, 0.29) is 5.56 Å². The number of aromatic carboxylic acids is 1. The molecule has 0 fully saturated rings. The quantitative estimate of drug-likeness (QED) is 0.591. The maximum atomic E-state index is 10.9. The molecule has 1 N–H and O–H groups in total. The Morgan fingerprint density at radius 1 is 1.60 bits per heavy atom. The monoisotopic (exact) mass is 222 g/mol. The third kappa shape index (κ3) is 2.93. The van der Waals surface area contributed by atoms with Crippen molar-refractivity contribution in [2.45, 2.75) is 0 Å². The number of hydrogen-bond donors (Lipinski definition) is 2. The average Bonchev–Trinajstić information content (AvgIpc) is 2.25. The SMILES string of the molecule is COc1ccc(C(=O)O)c(C#CCS)c1. The fraction of sp³-hybridized carbons (Fsp3) is 0.182. The summed E-state index contributed by atoms with van der Waals surface area (Å²) in [7, 11) is 1.52. The standard InChI is InChI=1S/C11H10O3S/c1-14-9-4-5-10(11(12)13)8(7-9)3-2-6-15/h4-5,7,15H,6H2,1H3,(H,12,13). The summed E-state index contributed by atoms with van der Waals surface area (Å²) in [5.41, 5.74) is 0.612. The summed E-state index contributed by atoms with van der Waals surface area (Å²) in [6.45, 7) is 0. The van der Waals surface area contributed by atoms with Gasteiger partial charge in [0.15, 0.2) is 0 Å². The molecule has 0 bridgehead atoms. The molecule has 4 heteroatoms. The zero-order chi connectivity index (χ0) is 11.3. The molecular weight excluding hydrogens is 212 g/mol. The number of ether oxygens (including phenoxy) is 1. The number of thiol groups is 1. The molecule has 1 aromatic rings. The lowest BCUT2D eigenvalue weighted by Gasteiger charge is -2.02. The van der Waals surface area contributed by atoms with Crippen molar-refractivity contribution in [1.82, 2.24) is 0 Å². The summed E-state index contributed by atoms with van der Waals surface area (Å²) < 4.78 is 4.99. The maximum Gasteiger partial charge on any atom is 0.336 e. The lowest BCUT2D eigenvalue weighted by atomic mass is 10.1. The van der Waals surface area contributed by atoms with Crippen LogP contribution in [0.2, 0.25) is 0 Å². The van der Waals surface area contributed by atoms with Crippen LogP contribution < -0.4 is 4.74 Å². The maximum absolute atomic E-state index is 10.9. The number of carboxylic acid groups (broad SMARTS) is 1. The first kappa shape index (κ1) is 11.5. The van der Waals surface area contributed by atoms with E-state index < -0.39 is 5.97 Å². The fourth-order valence-electron chi connectivity index (χ4n) is 1.08. The van der Waals surface area contributed by atoms with Crippen molar-refractivity contribution < 1.29 is 14.6 Å². The lowest BCUT2D eigenvalue weighted by molar-refractivity contribution is 0.0696. The molecular formula is C11H10O3S. The summed E-state index contributed by atoms with van der Waals surface area (Å²) in [6, 6.07) is 4.67. The largest absolute Gasteiger partial charge is 0.497 e. The van der Waals surface area contributed by atoms with Gasteiger partial charge in [0.25, 0.3) is 0 Å². The van der Waals surface area contributed by atoms with E-state index in [2.05, 4.69) is 24.5 Å². The van der Waals surface area contributed by atoms with Crippen LogP contribution in [0.25, 0.3) is 0 Å². The number of hydrogen-bond acceptors (Lipinski definition) is 3. The van der Waals surface area contributed by atoms with Crippen LogP contribution in [0.3, 0.4) is 0 Å². The Bertz CT molecular complexity index is 429. The van der Waals surface area contributed by atoms with Crippen LogP contribution in [0.1, 0.15) is 15.9 Å². The van der Waals surface area contributed by atoms with Crippen molar-refractivity contribution in [3.63, 3.8) is 0 Å². The van der Waals surface area contributed by atoms with Crippen LogP contribution in [-0.4, -0.2) is 23.9 Å². The van der Waals surface area contributed by atoms with Crippen LogP contribution >= 0.6 is 12.6 Å². The lowest BCUT2D eigenvalue weighted by Crippen LogP contribution is -2.00. The van der Waals surface area contributed by atoms with Gasteiger partial charge in [-0.25, -0.2) is 4.79 Å². The minimum absolute atomic E-state index is 0.171. The van der Waals surface area contributed by atoms with Crippen molar-refractivity contribution in [2.75, 3.05) is 12.9 Å². The van der Waals surface area contributed by atoms with Gasteiger partial charge in [0.2, 0.25) is 0 Å². The molecule has 0 heterocycles. The van der Waals surface area contributed by atoms with E-state index in [1.807, 2.05) is 0 Å². The molecule has 0 amide bonds. The molecule has 0 aliphatic heterocycles. The van der Waals surface area contributed by atoms with Gasteiger partial charge in [-0.2, -0.15) is 12.6 Å². The smallest absolute Gasteiger partial charge is 0.336 e. The third-order valence-corrected chi connectivity index (χ3v) is 1.92. The molecule has 0 atom stereocenters. The number of carbonyl (C=O) groups is 1. The molecule has 0 aliphatic rings. The van der Waals surface area contributed by atoms with Crippen molar-refractivity contribution in [1.29, 1.82) is 0 Å². The summed E-state index contributed by atoms with van der Waals surface area (Å²) in [5.74, 6) is 5.41. The highest BCUT2D eigenvalue weighted by atomic mass is 32.1. The minimum atomic E-state index is -0.999. The van der Waals surface area contributed by atoms with Gasteiger partial charge in [-0.3, -0.25) is 0 Å². The van der Waals surface area contributed by atoms with E-state index >= 15 is 0 Å². The van der Waals surface area contributed by atoms with Crippen molar-refractivity contribution in [2.24, 2.45) is 0 Å². The first-order chi connectivity index (χ1) is 7.19. The first-order valence-electron chi connectivity index (χ1n) is 4.20. The highest BCUT2D eigenvalue weighted by Crippen LogP contribution is 2.16. The van der Waals surface area contributed by atoms with E-state index in [0.29, 0.717) is 17.1 Å². The second kappa shape index (κ2) is 5.32. The number of methoxy groups -OCH3 is 1. The van der Waals surface area contributed by atoms with Crippen LogP contribution in [-0.2, 0) is 0 Å². The third-order valence-electron chi connectivity index (χ3n) is 1.76. The zero-order valence-corrected chi connectivity index (χ0v) is 9.04. The zero-order valence-electron chi connectivity index (χ0n) is 8.15. The Morgan fingerprint density at radius 3 is 2.87 bits per heavy atom. The predicted octanol–water partition coefficient (Wildman–Crippen LogP) is 1.67. The summed E-state index contributed by atoms with van der Waals surface area (Å²) in [5, 5.41) is 8.90. The highest BCUT2D eigenvalue weighted by Gasteiger charge is 2.08. The molecule has 0 unspecified atom stereocenters. The molecule has 0 saturated carbocycles. The Morgan fingerprint density at radius 2 is 2.33 bits per heavy atom. The first-order valence-corrected chi connectivity index (χ1v) is 4.83. The highest BCUT2D eigenvalue weighted by molar-refractivity contribution is 7.80. The Kier molecular flexibility index (Phi) is 4.07. The molecule has 0 radical (unpaired) electrons. The number of rotatable bonds is 2. The average molecular weight is 222 g/mol. The molecule has 0 aromatic heterocycles. The molecule has 0 saturated heterocycles. The molecule has 0 spiro atoms. The minimum Gasteiger partial charge on any atom is -0.497 e. The van der Waals surface area contributed by atoms with E-state index in [4.69, 9.17) is 9.84 Å². The number of benzene rings is 1. The number of carboxylic acids is 1. The van der Waals surface area contributed by atoms with Crippen molar-refractivity contribution in [3.05, 3.63) is 29.3 Å². The van der Waals surface area contributed by atoms with E-state index in [0.717, 1.165) is 0 Å². The molecule has 15 heavy (non-hydrogen) atoms. The van der Waals surface area contributed by atoms with Gasteiger partial charge >= 0.3 is 5.97 Å². The van der Waals surface area contributed by atoms with Gasteiger partial charge in [-0.15, -0.1) is 0 Å². The van der Waals surface area contributed by atoms with E-state index in [1.54, 1.807) is 12.1 Å². The normalized spacial score (nSPS) is 8.93. The second-order valence-electron chi connectivity index (χ2n) is 2.68. The summed E-state index contributed by atoms with van der Waals surface area (Å²) in [4.78, 5) is 10.9. The van der Waals surface area contributed by atoms with Crippen molar-refractivity contribution in [3.8, 4) is 17.6 Å². The van der Waals surface area contributed by atoms with Gasteiger partial charge in [0.05, 0.1) is 18.4 Å². The summed E-state index contributed by atoms with van der Waals surface area (Å²) in [6.07, 6.45) is 0. The van der Waals surface area contributed by atoms with Gasteiger partial charge in [0, 0.05) is 5.56 Å². The molecule has 78 valence electrons. The van der Waals surface area contributed by atoms with Crippen LogP contribution in [0.5, 0.6) is 5.75 Å². The fourth-order valence-corrected chi connectivity index (χ4v) is 1.15. The van der Waals surface area contributed by atoms with E-state index in [1.165, 1.54) is 13.2 Å². The molecule has 1 aromatic carbocycles. The molecule has 0 aliphatic carbocycles. The topological polar surface area (TPSA) is 46.5 Å². The van der Waals surface area contributed by atoms with Crippen LogP contribution in [0.4, 0.5) is 0 Å². The van der Waals surface area contributed by atoms with Crippen LogP contribution in [0, 0.1) is 11.8 Å². The van der Waals surface area contributed by atoms with Gasteiger partial charge < -0.3 is 9.84 Å². The summed E-state index contributed by atoms with van der Waals surface area (Å²) >= 11 is 3.93. The van der Waals surface area contributed by atoms with Gasteiger partial charge in [-0.05, 0) is 18.2 Å². The van der Waals surface area contributed by atoms with Gasteiger partial charge in [0.1, 0.15) is 5.75 Å². The van der Waals surface area contributed by atoms with Crippen molar-refractivity contribution >= 4 is 18.6 Å². The molecule has 3 nitrogen and oxygen atoms in total. The van der Waals surface area contributed by atoms with Crippen LogP contribution in [0.15, 0.2) is 18.2 Å². The Hall–Kier alpha value is -1.60. The van der Waals surface area contributed by atoms with Gasteiger partial charge in [-0.1, -0.05) is 11.8 Å². The Balaban J connectivity index is 3.22. The Labute approximate surface area is 93.5 Å². The predicted molar refractivity (Wildman–Crippen MR) is 60.7 cm³/mol.